The van der Waals surface area contributed by atoms with Crippen LogP contribution in [0.2, 0.25) is 0 Å². The minimum Gasteiger partial charge on any atom is -0.337 e. The summed E-state index contributed by atoms with van der Waals surface area (Å²) in [6.07, 6.45) is 0.787. The molecular weight excluding hydrogens is 278 g/mol. The normalized spacial score (nSPS) is 13.0. The molecule has 0 aliphatic heterocycles. The molecule has 6 heteroatoms. The minimum absolute atomic E-state index is 0.172. The fraction of sp³-hybridized carbons (Fsp3) is 0.333. The van der Waals surface area contributed by atoms with Gasteiger partial charge in [0.25, 0.3) is 0 Å². The van der Waals surface area contributed by atoms with Crippen molar-refractivity contribution >= 4 is 27.3 Å². The van der Waals surface area contributed by atoms with Crippen LogP contribution in [0.25, 0.3) is 10.7 Å². The molecule has 0 radical (unpaired) electrons. The molecule has 0 amide bonds. The van der Waals surface area contributed by atoms with Crippen molar-refractivity contribution in [1.82, 2.24) is 10.1 Å². The number of aromatic nitrogens is 2. The standard InChI is InChI=1S/C9H10BrN3OS/c1-2-6(11)9-12-8(13-14-9)7-3-5(10)4-15-7/h3-4,6H,2,11H2,1H3/t6-/m0/s1. The second kappa shape index (κ2) is 4.42. The quantitative estimate of drug-likeness (QED) is 0.943. The SMILES string of the molecule is CC[C@H](N)c1nc(-c2cc(Br)cs2)no1. The predicted molar refractivity (Wildman–Crippen MR) is 62.5 cm³/mol. The van der Waals surface area contributed by atoms with Crippen LogP contribution in [-0.4, -0.2) is 10.1 Å². The van der Waals surface area contributed by atoms with Gasteiger partial charge in [0, 0.05) is 9.85 Å². The number of rotatable bonds is 3. The Kier molecular flexibility index (Phi) is 3.18. The van der Waals surface area contributed by atoms with Crippen molar-refractivity contribution in [3.63, 3.8) is 0 Å². The van der Waals surface area contributed by atoms with Crippen LogP contribution in [0.15, 0.2) is 20.4 Å². The maximum atomic E-state index is 5.79. The number of hydrogen-bond acceptors (Lipinski definition) is 5. The minimum atomic E-state index is -0.172. The van der Waals surface area contributed by atoms with Crippen molar-refractivity contribution in [3.8, 4) is 10.7 Å². The fourth-order valence-electron chi connectivity index (χ4n) is 1.09. The van der Waals surface area contributed by atoms with Crippen molar-refractivity contribution < 1.29 is 4.52 Å². The van der Waals surface area contributed by atoms with Gasteiger partial charge in [-0.25, -0.2) is 0 Å². The van der Waals surface area contributed by atoms with Crippen molar-refractivity contribution in [1.29, 1.82) is 0 Å². The summed E-state index contributed by atoms with van der Waals surface area (Å²) in [7, 11) is 0. The molecule has 0 saturated carbocycles. The lowest BCUT2D eigenvalue weighted by Crippen LogP contribution is -2.08. The number of nitrogens with two attached hydrogens (primary N) is 1. The Morgan fingerprint density at radius 3 is 3.07 bits per heavy atom. The summed E-state index contributed by atoms with van der Waals surface area (Å²) in [5.41, 5.74) is 5.79. The van der Waals surface area contributed by atoms with E-state index in [1.165, 1.54) is 0 Å². The molecule has 0 unspecified atom stereocenters. The molecule has 0 aliphatic carbocycles. The average Bonchev–Trinajstić information content (AvgIpc) is 2.84. The van der Waals surface area contributed by atoms with Gasteiger partial charge in [-0.1, -0.05) is 12.1 Å². The molecule has 0 aromatic carbocycles. The fourth-order valence-corrected chi connectivity index (χ4v) is 2.44. The highest BCUT2D eigenvalue weighted by atomic mass is 79.9. The summed E-state index contributed by atoms with van der Waals surface area (Å²) >= 11 is 4.94. The first-order valence-corrected chi connectivity index (χ1v) is 6.21. The Labute approximate surface area is 99.6 Å². The molecule has 2 aromatic heterocycles. The van der Waals surface area contributed by atoms with E-state index in [2.05, 4.69) is 26.1 Å². The first kappa shape index (κ1) is 10.8. The van der Waals surface area contributed by atoms with Gasteiger partial charge in [-0.15, -0.1) is 11.3 Å². The van der Waals surface area contributed by atoms with E-state index in [1.54, 1.807) is 11.3 Å². The van der Waals surface area contributed by atoms with Crippen molar-refractivity contribution in [2.24, 2.45) is 5.73 Å². The van der Waals surface area contributed by atoms with Crippen molar-refractivity contribution in [2.45, 2.75) is 19.4 Å². The number of halogens is 1. The van der Waals surface area contributed by atoms with Crippen LogP contribution < -0.4 is 5.73 Å². The van der Waals surface area contributed by atoms with Gasteiger partial charge in [-0.3, -0.25) is 0 Å². The molecule has 2 rings (SSSR count). The zero-order valence-corrected chi connectivity index (χ0v) is 10.5. The summed E-state index contributed by atoms with van der Waals surface area (Å²) in [5.74, 6) is 1.10. The van der Waals surface area contributed by atoms with E-state index in [0.717, 1.165) is 15.8 Å². The predicted octanol–water partition coefficient (Wildman–Crippen LogP) is 2.97. The molecule has 0 saturated heterocycles. The molecule has 15 heavy (non-hydrogen) atoms. The third-order valence-electron chi connectivity index (χ3n) is 1.99. The molecule has 2 aromatic rings. The molecule has 2 N–H and O–H groups in total. The maximum absolute atomic E-state index is 5.79. The molecule has 4 nitrogen and oxygen atoms in total. The summed E-state index contributed by atoms with van der Waals surface area (Å²) in [5, 5.41) is 5.87. The van der Waals surface area contributed by atoms with Gasteiger partial charge in [0.15, 0.2) is 0 Å². The number of nitrogens with zero attached hydrogens (tertiary/aromatic N) is 2. The molecular formula is C9H10BrN3OS. The van der Waals surface area contributed by atoms with Gasteiger partial charge in [0.05, 0.1) is 10.9 Å². The zero-order chi connectivity index (χ0) is 10.8. The number of hydrogen-bond donors (Lipinski definition) is 1. The second-order valence-electron chi connectivity index (χ2n) is 3.10. The summed E-state index contributed by atoms with van der Waals surface area (Å²) in [4.78, 5) is 5.22. The van der Waals surface area contributed by atoms with Crippen LogP contribution in [-0.2, 0) is 0 Å². The van der Waals surface area contributed by atoms with Gasteiger partial charge in [-0.2, -0.15) is 4.98 Å². The lowest BCUT2D eigenvalue weighted by atomic mass is 10.2. The second-order valence-corrected chi connectivity index (χ2v) is 4.93. The Hall–Kier alpha value is -0.720. The van der Waals surface area contributed by atoms with Gasteiger partial charge in [0.1, 0.15) is 0 Å². The third-order valence-corrected chi connectivity index (χ3v) is 3.67. The molecule has 0 spiro atoms. The van der Waals surface area contributed by atoms with Crippen LogP contribution in [0.3, 0.4) is 0 Å². The maximum Gasteiger partial charge on any atom is 0.243 e. The van der Waals surface area contributed by atoms with Crippen LogP contribution in [0.5, 0.6) is 0 Å². The first-order chi connectivity index (χ1) is 7.20. The Balaban J connectivity index is 2.27. The highest BCUT2D eigenvalue weighted by Crippen LogP contribution is 2.28. The molecule has 0 aliphatic rings. The number of thiophene rings is 1. The molecule has 2 heterocycles. The third kappa shape index (κ3) is 2.27. The lowest BCUT2D eigenvalue weighted by Gasteiger charge is -1.98. The summed E-state index contributed by atoms with van der Waals surface area (Å²) < 4.78 is 6.11. The molecule has 0 fully saturated rings. The van der Waals surface area contributed by atoms with Crippen LogP contribution in [0.1, 0.15) is 25.3 Å². The molecule has 80 valence electrons. The van der Waals surface area contributed by atoms with E-state index >= 15 is 0 Å². The summed E-state index contributed by atoms with van der Waals surface area (Å²) in [6, 6.07) is 1.78. The van der Waals surface area contributed by atoms with Crippen LogP contribution >= 0.6 is 27.3 Å². The van der Waals surface area contributed by atoms with Crippen molar-refractivity contribution in [3.05, 3.63) is 21.8 Å². The van der Waals surface area contributed by atoms with Crippen molar-refractivity contribution in [2.75, 3.05) is 0 Å². The van der Waals surface area contributed by atoms with E-state index in [-0.39, 0.29) is 6.04 Å². The van der Waals surface area contributed by atoms with E-state index in [4.69, 9.17) is 10.3 Å². The van der Waals surface area contributed by atoms with Crippen LogP contribution in [0.4, 0.5) is 0 Å². The van der Waals surface area contributed by atoms with Gasteiger partial charge in [-0.05, 0) is 28.4 Å². The topological polar surface area (TPSA) is 64.9 Å². The highest BCUT2D eigenvalue weighted by molar-refractivity contribution is 9.10. The van der Waals surface area contributed by atoms with E-state index in [1.807, 2.05) is 18.4 Å². The van der Waals surface area contributed by atoms with Gasteiger partial charge >= 0.3 is 0 Å². The lowest BCUT2D eigenvalue weighted by molar-refractivity contribution is 0.352. The van der Waals surface area contributed by atoms with E-state index in [0.29, 0.717) is 11.7 Å². The first-order valence-electron chi connectivity index (χ1n) is 4.54. The van der Waals surface area contributed by atoms with E-state index in [9.17, 15) is 0 Å². The van der Waals surface area contributed by atoms with E-state index < -0.39 is 0 Å². The van der Waals surface area contributed by atoms with Crippen LogP contribution in [0, 0.1) is 0 Å². The van der Waals surface area contributed by atoms with Gasteiger partial charge in [0.2, 0.25) is 11.7 Å². The Morgan fingerprint density at radius 2 is 2.47 bits per heavy atom. The zero-order valence-electron chi connectivity index (χ0n) is 8.11. The summed E-state index contributed by atoms with van der Waals surface area (Å²) in [6.45, 7) is 1.98. The molecule has 0 bridgehead atoms. The average molecular weight is 288 g/mol. The van der Waals surface area contributed by atoms with Gasteiger partial charge < -0.3 is 10.3 Å². The molecule has 1 atom stereocenters. The monoisotopic (exact) mass is 287 g/mol. The Bertz CT molecular complexity index is 454. The Morgan fingerprint density at radius 1 is 1.67 bits per heavy atom. The smallest absolute Gasteiger partial charge is 0.243 e. The highest BCUT2D eigenvalue weighted by Gasteiger charge is 2.14. The largest absolute Gasteiger partial charge is 0.337 e.